The third-order valence-corrected chi connectivity index (χ3v) is 7.25. The highest BCUT2D eigenvalue weighted by atomic mass is 19.4. The van der Waals surface area contributed by atoms with E-state index in [0.29, 0.717) is 11.7 Å². The van der Waals surface area contributed by atoms with Gasteiger partial charge in [0.25, 0.3) is 5.82 Å². The lowest BCUT2D eigenvalue weighted by molar-refractivity contribution is -0.146. The van der Waals surface area contributed by atoms with E-state index < -0.39 is 17.6 Å². The van der Waals surface area contributed by atoms with Gasteiger partial charge in [0.05, 0.1) is 18.9 Å². The van der Waals surface area contributed by atoms with Crippen molar-refractivity contribution in [2.24, 2.45) is 5.92 Å². The molecule has 5 rings (SSSR count). The molecule has 2 unspecified atom stereocenters. The predicted molar refractivity (Wildman–Crippen MR) is 120 cm³/mol. The maximum atomic E-state index is 13.4. The van der Waals surface area contributed by atoms with E-state index in [0.717, 1.165) is 48.2 Å². The molecule has 2 aliphatic heterocycles. The Morgan fingerprint density at radius 2 is 2.03 bits per heavy atom. The van der Waals surface area contributed by atoms with Crippen LogP contribution in [0.15, 0.2) is 24.3 Å². The quantitative estimate of drug-likeness (QED) is 0.681. The number of nitrogens with one attached hydrogen (secondary N) is 1. The van der Waals surface area contributed by atoms with Crippen molar-refractivity contribution in [3.8, 4) is 11.4 Å². The van der Waals surface area contributed by atoms with Crippen molar-refractivity contribution in [2.75, 3.05) is 20.2 Å². The minimum atomic E-state index is -4.67. The summed E-state index contributed by atoms with van der Waals surface area (Å²) in [6.07, 6.45) is 6.34. The Labute approximate surface area is 196 Å². The number of alkyl halides is 3. The van der Waals surface area contributed by atoms with E-state index in [4.69, 9.17) is 9.47 Å². The monoisotopic (exact) mass is 477 g/mol. The molecular weight excluding hydrogens is 447 g/mol. The highest BCUT2D eigenvalue weighted by molar-refractivity contribution is 5.77. The van der Waals surface area contributed by atoms with E-state index in [1.807, 2.05) is 0 Å². The van der Waals surface area contributed by atoms with Crippen LogP contribution < -0.4 is 10.1 Å². The van der Waals surface area contributed by atoms with Gasteiger partial charge in [0.15, 0.2) is 0 Å². The number of ether oxygens (including phenoxy) is 2. The van der Waals surface area contributed by atoms with Crippen LogP contribution in [0.1, 0.15) is 62.8 Å². The van der Waals surface area contributed by atoms with Gasteiger partial charge in [0.1, 0.15) is 11.4 Å². The number of rotatable bonds is 5. The maximum Gasteiger partial charge on any atom is 0.453 e. The maximum absolute atomic E-state index is 13.4. The molecule has 7 nitrogen and oxygen atoms in total. The average molecular weight is 478 g/mol. The Kier molecular flexibility index (Phi) is 6.37. The van der Waals surface area contributed by atoms with Crippen LogP contribution in [0.4, 0.5) is 13.2 Å². The smallest absolute Gasteiger partial charge is 0.453 e. The van der Waals surface area contributed by atoms with E-state index in [2.05, 4.69) is 26.9 Å². The van der Waals surface area contributed by atoms with Gasteiger partial charge in [0.2, 0.25) is 0 Å². The van der Waals surface area contributed by atoms with Crippen LogP contribution in [0, 0.1) is 5.92 Å². The van der Waals surface area contributed by atoms with Gasteiger partial charge in [0, 0.05) is 12.1 Å². The third-order valence-electron chi connectivity index (χ3n) is 7.25. The van der Waals surface area contributed by atoms with Crippen molar-refractivity contribution in [2.45, 2.75) is 69.2 Å². The second-order valence-electron chi connectivity index (χ2n) is 9.59. The molecule has 2 fully saturated rings. The van der Waals surface area contributed by atoms with Gasteiger partial charge in [-0.1, -0.05) is 32.1 Å². The minimum Gasteiger partial charge on any atom is -0.496 e. The Hall–Kier alpha value is -2.46. The summed E-state index contributed by atoms with van der Waals surface area (Å²) in [5.74, 6) is 0.0149. The van der Waals surface area contributed by atoms with Crippen molar-refractivity contribution < 1.29 is 22.6 Å². The van der Waals surface area contributed by atoms with Crippen LogP contribution in [0.5, 0.6) is 5.75 Å². The summed E-state index contributed by atoms with van der Waals surface area (Å²) in [4.78, 5) is 0. The highest BCUT2D eigenvalue weighted by Crippen LogP contribution is 2.45. The molecule has 1 saturated carbocycles. The van der Waals surface area contributed by atoms with Crippen LogP contribution in [0.3, 0.4) is 0 Å². The van der Waals surface area contributed by atoms with Crippen molar-refractivity contribution in [3.63, 3.8) is 0 Å². The second-order valence-corrected chi connectivity index (χ2v) is 9.59. The molecule has 1 spiro atoms. The Morgan fingerprint density at radius 1 is 1.21 bits per heavy atom. The number of aromatic nitrogens is 4. The average Bonchev–Trinajstić information content (AvgIpc) is 3.46. The van der Waals surface area contributed by atoms with Gasteiger partial charge in [-0.15, -0.1) is 5.10 Å². The second kappa shape index (κ2) is 9.30. The zero-order valence-corrected chi connectivity index (χ0v) is 19.3. The zero-order chi connectivity index (χ0) is 23.8. The molecule has 1 aromatic carbocycles. The molecule has 2 aromatic rings. The van der Waals surface area contributed by atoms with E-state index in [1.165, 1.54) is 32.1 Å². The first-order valence-electron chi connectivity index (χ1n) is 12.0. The zero-order valence-electron chi connectivity index (χ0n) is 19.3. The number of hydrogen-bond donors (Lipinski definition) is 1. The summed E-state index contributed by atoms with van der Waals surface area (Å²) in [6, 6.07) is 4.90. The van der Waals surface area contributed by atoms with Crippen molar-refractivity contribution in [1.82, 2.24) is 25.5 Å². The van der Waals surface area contributed by atoms with Gasteiger partial charge < -0.3 is 14.8 Å². The Morgan fingerprint density at radius 3 is 2.74 bits per heavy atom. The number of piperidine rings is 1. The first-order valence-corrected chi connectivity index (χ1v) is 12.0. The van der Waals surface area contributed by atoms with Crippen LogP contribution in [-0.2, 0) is 10.9 Å². The minimum absolute atomic E-state index is 0.136. The fourth-order valence-electron chi connectivity index (χ4n) is 5.62. The van der Waals surface area contributed by atoms with Gasteiger partial charge in [-0.25, -0.2) is 0 Å². The summed E-state index contributed by atoms with van der Waals surface area (Å²) in [6.45, 7) is 1.69. The van der Waals surface area contributed by atoms with Gasteiger partial charge in [-0.05, 0) is 72.0 Å². The molecule has 1 aromatic heterocycles. The van der Waals surface area contributed by atoms with Crippen LogP contribution in [0.2, 0.25) is 0 Å². The summed E-state index contributed by atoms with van der Waals surface area (Å²) >= 11 is 0. The molecule has 0 radical (unpaired) electrons. The highest BCUT2D eigenvalue weighted by Gasteiger charge is 2.43. The summed E-state index contributed by atoms with van der Waals surface area (Å²) < 4.78 is 53.5. The Balaban J connectivity index is 1.55. The number of methoxy groups -OCH3 is 1. The molecule has 1 N–H and O–H groups in total. The summed E-state index contributed by atoms with van der Waals surface area (Å²) in [5, 5.41) is 13.5. The summed E-state index contributed by atoms with van der Waals surface area (Å²) in [5.41, 5.74) is 1.54. The number of benzene rings is 1. The third kappa shape index (κ3) is 4.57. The molecule has 184 valence electrons. The lowest BCUT2D eigenvalue weighted by Crippen LogP contribution is -2.45. The fourth-order valence-corrected chi connectivity index (χ4v) is 5.62. The lowest BCUT2D eigenvalue weighted by atomic mass is 9.83. The van der Waals surface area contributed by atoms with Crippen LogP contribution in [-0.4, -0.2) is 52.1 Å². The van der Waals surface area contributed by atoms with Crippen molar-refractivity contribution in [3.05, 3.63) is 35.7 Å². The molecule has 1 saturated heterocycles. The van der Waals surface area contributed by atoms with E-state index >= 15 is 0 Å². The first-order chi connectivity index (χ1) is 16.4. The molecule has 3 aliphatic rings. The van der Waals surface area contributed by atoms with Gasteiger partial charge in [-0.2, -0.15) is 17.9 Å². The Bertz CT molecular complexity index is 1040. The first kappa shape index (κ1) is 23.3. The van der Waals surface area contributed by atoms with Crippen molar-refractivity contribution in [1.29, 1.82) is 0 Å². The van der Waals surface area contributed by atoms with Gasteiger partial charge in [-0.3, -0.25) is 0 Å². The molecule has 2 atom stereocenters. The summed E-state index contributed by atoms with van der Waals surface area (Å²) in [7, 11) is 1.57. The number of hydrogen-bond acceptors (Lipinski definition) is 6. The van der Waals surface area contributed by atoms with Crippen molar-refractivity contribution >= 4 is 5.57 Å². The topological polar surface area (TPSA) is 74.1 Å². The van der Waals surface area contributed by atoms with Crippen LogP contribution in [0.25, 0.3) is 11.3 Å². The largest absolute Gasteiger partial charge is 0.496 e. The molecule has 1 aliphatic carbocycles. The van der Waals surface area contributed by atoms with Crippen LogP contribution >= 0.6 is 0 Å². The molecule has 0 amide bonds. The predicted octanol–water partition coefficient (Wildman–Crippen LogP) is 4.56. The fraction of sp³-hybridized carbons (Fsp3) is 0.625. The lowest BCUT2D eigenvalue weighted by Gasteiger charge is -2.34. The molecular formula is C24H30F3N5O2. The number of nitrogens with zero attached hydrogens (tertiary/aromatic N) is 4. The SMILES string of the molecule is COc1ccc(-n2nnnc2C(F)(F)F)cc1C1=CC2(CCCNC2)OC1CC1CCCCC1. The number of halogens is 3. The molecule has 3 heterocycles. The van der Waals surface area contributed by atoms with E-state index in [9.17, 15) is 13.2 Å². The standard InChI is InChI=1S/C24H30F3N5O2/c1-33-20-9-8-17(32-22(24(25,26)27)29-30-31-32)13-18(20)19-14-23(10-5-11-28-15-23)34-21(19)12-16-6-3-2-4-7-16/h8-9,13-14,16,21,28H,2-7,10-12,15H2,1H3. The molecule has 0 bridgehead atoms. The molecule has 34 heavy (non-hydrogen) atoms. The van der Waals surface area contributed by atoms with E-state index in [1.54, 1.807) is 25.3 Å². The number of tetrazole rings is 1. The van der Waals surface area contributed by atoms with E-state index in [-0.39, 0.29) is 11.8 Å². The van der Waals surface area contributed by atoms with Gasteiger partial charge >= 0.3 is 6.18 Å². The normalized spacial score (nSPS) is 26.1. The molecule has 10 heteroatoms.